The van der Waals surface area contributed by atoms with Crippen molar-refractivity contribution in [2.24, 2.45) is 0 Å². The first kappa shape index (κ1) is 17.8. The predicted molar refractivity (Wildman–Crippen MR) is 90.9 cm³/mol. The van der Waals surface area contributed by atoms with E-state index in [-0.39, 0.29) is 18.4 Å². The lowest BCUT2D eigenvalue weighted by molar-refractivity contribution is -0.119. The SMILES string of the molecule is C=CCNC(=O)CNc1cccc(NC(=O)CCCCC)c1. The van der Waals surface area contributed by atoms with Crippen molar-refractivity contribution in [1.29, 1.82) is 0 Å². The van der Waals surface area contributed by atoms with Gasteiger partial charge < -0.3 is 16.0 Å². The van der Waals surface area contributed by atoms with Crippen molar-refractivity contribution in [2.45, 2.75) is 32.6 Å². The Hall–Kier alpha value is -2.30. The number of hydrogen-bond donors (Lipinski definition) is 3. The third-order valence-electron chi connectivity index (χ3n) is 3.05. The first-order valence-corrected chi connectivity index (χ1v) is 7.67. The van der Waals surface area contributed by atoms with E-state index < -0.39 is 0 Å². The molecule has 2 amide bonds. The van der Waals surface area contributed by atoms with Crippen LogP contribution in [0.1, 0.15) is 32.6 Å². The Bertz CT molecular complexity index is 500. The summed E-state index contributed by atoms with van der Waals surface area (Å²) in [6, 6.07) is 7.35. The summed E-state index contributed by atoms with van der Waals surface area (Å²) < 4.78 is 0. The molecule has 0 aliphatic rings. The van der Waals surface area contributed by atoms with E-state index in [1.54, 1.807) is 6.08 Å². The van der Waals surface area contributed by atoms with Crippen molar-refractivity contribution in [3.8, 4) is 0 Å². The molecule has 0 saturated heterocycles. The number of nitrogens with one attached hydrogen (secondary N) is 3. The lowest BCUT2D eigenvalue weighted by Gasteiger charge is -2.09. The third-order valence-corrected chi connectivity index (χ3v) is 3.05. The van der Waals surface area contributed by atoms with Crippen LogP contribution in [0.2, 0.25) is 0 Å². The minimum absolute atomic E-state index is 0.0225. The van der Waals surface area contributed by atoms with Gasteiger partial charge in [-0.3, -0.25) is 9.59 Å². The molecule has 5 heteroatoms. The Kier molecular flexibility index (Phi) is 8.42. The predicted octanol–water partition coefficient (Wildman–Crippen LogP) is 2.92. The largest absolute Gasteiger partial charge is 0.376 e. The van der Waals surface area contributed by atoms with E-state index in [4.69, 9.17) is 0 Å². The molecule has 0 heterocycles. The van der Waals surface area contributed by atoms with Gasteiger partial charge >= 0.3 is 0 Å². The molecule has 0 spiro atoms. The van der Waals surface area contributed by atoms with Gasteiger partial charge in [-0.2, -0.15) is 0 Å². The zero-order chi connectivity index (χ0) is 16.2. The number of carbonyl (C=O) groups excluding carboxylic acids is 2. The van der Waals surface area contributed by atoms with Crippen molar-refractivity contribution in [1.82, 2.24) is 5.32 Å². The highest BCUT2D eigenvalue weighted by Gasteiger charge is 2.04. The molecule has 0 radical (unpaired) electrons. The van der Waals surface area contributed by atoms with Crippen LogP contribution >= 0.6 is 0 Å². The molecule has 3 N–H and O–H groups in total. The highest BCUT2D eigenvalue weighted by molar-refractivity contribution is 5.91. The summed E-state index contributed by atoms with van der Waals surface area (Å²) >= 11 is 0. The van der Waals surface area contributed by atoms with Crippen LogP contribution < -0.4 is 16.0 Å². The highest BCUT2D eigenvalue weighted by atomic mass is 16.2. The summed E-state index contributed by atoms with van der Waals surface area (Å²) in [5.74, 6) is -0.0803. The number of anilines is 2. The second-order valence-electron chi connectivity index (χ2n) is 5.03. The van der Waals surface area contributed by atoms with Gasteiger partial charge in [0.25, 0.3) is 0 Å². The first-order chi connectivity index (χ1) is 10.7. The van der Waals surface area contributed by atoms with Crippen LogP contribution in [0.3, 0.4) is 0 Å². The van der Waals surface area contributed by atoms with Crippen LogP contribution in [0.5, 0.6) is 0 Å². The quantitative estimate of drug-likeness (QED) is 0.460. The monoisotopic (exact) mass is 303 g/mol. The number of amides is 2. The van der Waals surface area contributed by atoms with Gasteiger partial charge in [0.05, 0.1) is 6.54 Å². The molecule has 0 atom stereocenters. The molecular weight excluding hydrogens is 278 g/mol. The van der Waals surface area contributed by atoms with E-state index in [0.29, 0.717) is 13.0 Å². The molecular formula is C17H25N3O2. The Morgan fingerprint density at radius 2 is 1.95 bits per heavy atom. The van der Waals surface area contributed by atoms with Gasteiger partial charge in [0.1, 0.15) is 0 Å². The molecule has 1 aromatic carbocycles. The van der Waals surface area contributed by atoms with Crippen LogP contribution in [-0.2, 0) is 9.59 Å². The molecule has 0 saturated carbocycles. The summed E-state index contributed by atoms with van der Waals surface area (Å²) in [7, 11) is 0. The number of carbonyl (C=O) groups is 2. The average molecular weight is 303 g/mol. The minimum atomic E-state index is -0.103. The maximum atomic E-state index is 11.8. The number of benzene rings is 1. The fraction of sp³-hybridized carbons (Fsp3) is 0.412. The van der Waals surface area contributed by atoms with Gasteiger partial charge in [0, 0.05) is 24.3 Å². The molecule has 0 aliphatic carbocycles. The summed E-state index contributed by atoms with van der Waals surface area (Å²) in [4.78, 5) is 23.3. The number of hydrogen-bond acceptors (Lipinski definition) is 3. The standard InChI is InChI=1S/C17H25N3O2/c1-3-5-6-10-16(21)20-15-9-7-8-14(12-15)19-13-17(22)18-11-4-2/h4,7-9,12,19H,2-3,5-6,10-11,13H2,1H3,(H,18,22)(H,20,21). The lowest BCUT2D eigenvalue weighted by Crippen LogP contribution is -2.29. The molecule has 5 nitrogen and oxygen atoms in total. The van der Waals surface area contributed by atoms with E-state index in [1.165, 1.54) is 0 Å². The van der Waals surface area contributed by atoms with Crippen molar-refractivity contribution in [3.05, 3.63) is 36.9 Å². The molecule has 120 valence electrons. The zero-order valence-corrected chi connectivity index (χ0v) is 13.2. The van der Waals surface area contributed by atoms with Crippen molar-refractivity contribution in [2.75, 3.05) is 23.7 Å². The van der Waals surface area contributed by atoms with Gasteiger partial charge in [-0.15, -0.1) is 6.58 Å². The second-order valence-corrected chi connectivity index (χ2v) is 5.03. The van der Waals surface area contributed by atoms with Gasteiger partial charge in [-0.25, -0.2) is 0 Å². The summed E-state index contributed by atoms with van der Waals surface area (Å²) in [6.45, 7) is 6.29. The minimum Gasteiger partial charge on any atom is -0.376 e. The van der Waals surface area contributed by atoms with Crippen LogP contribution in [0.15, 0.2) is 36.9 Å². The molecule has 1 aromatic rings. The number of rotatable bonds is 10. The van der Waals surface area contributed by atoms with E-state index >= 15 is 0 Å². The summed E-state index contributed by atoms with van der Waals surface area (Å²) in [5, 5.41) is 8.58. The van der Waals surface area contributed by atoms with Crippen LogP contribution in [-0.4, -0.2) is 24.9 Å². The molecule has 0 unspecified atom stereocenters. The van der Waals surface area contributed by atoms with E-state index in [0.717, 1.165) is 30.6 Å². The summed E-state index contributed by atoms with van der Waals surface area (Å²) in [5.41, 5.74) is 1.53. The third kappa shape index (κ3) is 7.47. The fourth-order valence-electron chi connectivity index (χ4n) is 1.90. The van der Waals surface area contributed by atoms with Crippen molar-refractivity contribution >= 4 is 23.2 Å². The lowest BCUT2D eigenvalue weighted by atomic mass is 10.2. The van der Waals surface area contributed by atoms with Crippen molar-refractivity contribution in [3.63, 3.8) is 0 Å². The molecule has 1 rings (SSSR count). The Morgan fingerprint density at radius 3 is 2.68 bits per heavy atom. The first-order valence-electron chi connectivity index (χ1n) is 7.67. The topological polar surface area (TPSA) is 70.2 Å². The molecule has 0 fully saturated rings. The smallest absolute Gasteiger partial charge is 0.239 e. The average Bonchev–Trinajstić information content (AvgIpc) is 2.51. The van der Waals surface area contributed by atoms with Gasteiger partial charge in [0.2, 0.25) is 11.8 Å². The van der Waals surface area contributed by atoms with Crippen molar-refractivity contribution < 1.29 is 9.59 Å². The van der Waals surface area contributed by atoms with E-state index in [9.17, 15) is 9.59 Å². The zero-order valence-electron chi connectivity index (χ0n) is 13.2. The maximum absolute atomic E-state index is 11.8. The van der Waals surface area contributed by atoms with E-state index in [2.05, 4.69) is 29.5 Å². The van der Waals surface area contributed by atoms with Gasteiger partial charge in [0.15, 0.2) is 0 Å². The molecule has 0 bridgehead atoms. The Balaban J connectivity index is 2.43. The van der Waals surface area contributed by atoms with Crippen LogP contribution in [0, 0.1) is 0 Å². The maximum Gasteiger partial charge on any atom is 0.239 e. The van der Waals surface area contributed by atoms with Crippen LogP contribution in [0.25, 0.3) is 0 Å². The fourth-order valence-corrected chi connectivity index (χ4v) is 1.90. The normalized spacial score (nSPS) is 9.86. The summed E-state index contributed by atoms with van der Waals surface area (Å²) in [6.07, 6.45) is 5.24. The number of unbranched alkanes of at least 4 members (excludes halogenated alkanes) is 2. The van der Waals surface area contributed by atoms with Gasteiger partial charge in [-0.05, 0) is 24.6 Å². The molecule has 0 aliphatic heterocycles. The highest BCUT2D eigenvalue weighted by Crippen LogP contribution is 2.15. The van der Waals surface area contributed by atoms with Crippen LogP contribution in [0.4, 0.5) is 11.4 Å². The van der Waals surface area contributed by atoms with E-state index in [1.807, 2.05) is 24.3 Å². The second kappa shape index (κ2) is 10.4. The molecule has 0 aromatic heterocycles. The Labute approximate surface area is 132 Å². The molecule has 22 heavy (non-hydrogen) atoms. The Morgan fingerprint density at radius 1 is 1.18 bits per heavy atom. The van der Waals surface area contributed by atoms with Gasteiger partial charge in [-0.1, -0.05) is 31.9 Å².